The normalized spacial score (nSPS) is 14.7. The second-order valence-corrected chi connectivity index (χ2v) is 6.81. The molecule has 0 aliphatic carbocycles. The first-order valence-electron chi connectivity index (χ1n) is 9.63. The van der Waals surface area contributed by atoms with Crippen LogP contribution in [0.4, 0.5) is 0 Å². The van der Waals surface area contributed by atoms with E-state index in [4.69, 9.17) is 0 Å². The zero-order valence-corrected chi connectivity index (χ0v) is 15.9. The molecule has 1 heterocycles. The molecule has 5 heteroatoms. The molecule has 1 amide bonds. The van der Waals surface area contributed by atoms with Crippen LogP contribution in [0.3, 0.4) is 0 Å². The van der Waals surface area contributed by atoms with Crippen molar-refractivity contribution < 1.29 is 4.79 Å². The van der Waals surface area contributed by atoms with Gasteiger partial charge in [0, 0.05) is 38.8 Å². The minimum Gasteiger partial charge on any atom is -0.352 e. The highest BCUT2D eigenvalue weighted by Crippen LogP contribution is 2.14. The predicted octanol–water partition coefficient (Wildman–Crippen LogP) is 3.18. The molecule has 0 radical (unpaired) electrons. The molecule has 1 saturated heterocycles. The maximum atomic E-state index is 12.5. The number of hydrogen-bond acceptors (Lipinski definition) is 2. The fourth-order valence-electron chi connectivity index (χ4n) is 3.23. The van der Waals surface area contributed by atoms with Gasteiger partial charge in [-0.05, 0) is 42.5 Å². The van der Waals surface area contributed by atoms with Crippen LogP contribution in [0.15, 0.2) is 59.6 Å². The van der Waals surface area contributed by atoms with Crippen LogP contribution in [0.25, 0.3) is 0 Å². The number of carbonyl (C=O) groups excluding carboxylic acids is 1. The standard InChI is InChI=1S/C22H28N4O/c1-23-22(24-16-18-8-4-2-5-9-18)25-17-19-10-12-20(13-11-19)21(27)26-14-6-3-7-15-26/h2,4-5,8-13H,3,6-7,14-17H2,1H3,(H2,23,24,25). The van der Waals surface area contributed by atoms with E-state index in [1.165, 1.54) is 12.0 Å². The Hall–Kier alpha value is -2.82. The number of guanidine groups is 1. The number of nitrogens with zero attached hydrogens (tertiary/aromatic N) is 2. The summed E-state index contributed by atoms with van der Waals surface area (Å²) in [6, 6.07) is 18.1. The highest BCUT2D eigenvalue weighted by atomic mass is 16.2. The Morgan fingerprint density at radius 1 is 0.889 bits per heavy atom. The monoisotopic (exact) mass is 364 g/mol. The topological polar surface area (TPSA) is 56.7 Å². The Balaban J connectivity index is 1.49. The van der Waals surface area contributed by atoms with Crippen molar-refractivity contribution in [1.82, 2.24) is 15.5 Å². The van der Waals surface area contributed by atoms with Gasteiger partial charge in [-0.1, -0.05) is 42.5 Å². The van der Waals surface area contributed by atoms with Gasteiger partial charge in [0.05, 0.1) is 0 Å². The van der Waals surface area contributed by atoms with Crippen LogP contribution in [-0.4, -0.2) is 36.9 Å². The molecular weight excluding hydrogens is 336 g/mol. The number of benzene rings is 2. The van der Waals surface area contributed by atoms with Crippen molar-refractivity contribution >= 4 is 11.9 Å². The van der Waals surface area contributed by atoms with Gasteiger partial charge < -0.3 is 15.5 Å². The van der Waals surface area contributed by atoms with Crippen molar-refractivity contribution in [2.24, 2.45) is 4.99 Å². The van der Waals surface area contributed by atoms with E-state index in [1.54, 1.807) is 7.05 Å². The lowest BCUT2D eigenvalue weighted by molar-refractivity contribution is 0.0724. The molecule has 1 aliphatic heterocycles. The number of likely N-dealkylation sites (tertiary alicyclic amines) is 1. The Labute approximate surface area is 161 Å². The van der Waals surface area contributed by atoms with Gasteiger partial charge in [-0.3, -0.25) is 9.79 Å². The van der Waals surface area contributed by atoms with Crippen molar-refractivity contribution in [3.63, 3.8) is 0 Å². The third-order valence-corrected chi connectivity index (χ3v) is 4.83. The predicted molar refractivity (Wildman–Crippen MR) is 110 cm³/mol. The molecule has 5 nitrogen and oxygen atoms in total. The lowest BCUT2D eigenvalue weighted by Gasteiger charge is -2.26. The van der Waals surface area contributed by atoms with E-state index >= 15 is 0 Å². The van der Waals surface area contributed by atoms with Crippen LogP contribution in [-0.2, 0) is 13.1 Å². The minimum absolute atomic E-state index is 0.148. The summed E-state index contributed by atoms with van der Waals surface area (Å²) in [4.78, 5) is 18.7. The largest absolute Gasteiger partial charge is 0.352 e. The van der Waals surface area contributed by atoms with Crippen molar-refractivity contribution in [2.75, 3.05) is 20.1 Å². The summed E-state index contributed by atoms with van der Waals surface area (Å²) in [5.41, 5.74) is 3.10. The second kappa shape index (κ2) is 9.76. The molecule has 0 saturated carbocycles. The van der Waals surface area contributed by atoms with E-state index in [-0.39, 0.29) is 5.91 Å². The summed E-state index contributed by atoms with van der Waals surface area (Å²) in [5.74, 6) is 0.905. The van der Waals surface area contributed by atoms with Gasteiger partial charge in [-0.2, -0.15) is 0 Å². The average molecular weight is 364 g/mol. The zero-order chi connectivity index (χ0) is 18.9. The van der Waals surface area contributed by atoms with Crippen LogP contribution in [0.5, 0.6) is 0 Å². The van der Waals surface area contributed by atoms with E-state index in [0.29, 0.717) is 6.54 Å². The SMILES string of the molecule is CN=C(NCc1ccccc1)NCc1ccc(C(=O)N2CCCCC2)cc1. The number of nitrogens with one attached hydrogen (secondary N) is 2. The molecule has 2 aromatic carbocycles. The summed E-state index contributed by atoms with van der Waals surface area (Å²) in [6.45, 7) is 3.15. The summed E-state index contributed by atoms with van der Waals surface area (Å²) in [5, 5.41) is 6.62. The molecular formula is C22H28N4O. The van der Waals surface area contributed by atoms with Crippen LogP contribution in [0, 0.1) is 0 Å². The van der Waals surface area contributed by atoms with Crippen LogP contribution in [0.1, 0.15) is 40.7 Å². The molecule has 142 valence electrons. The van der Waals surface area contributed by atoms with Crippen molar-refractivity contribution in [1.29, 1.82) is 0 Å². The Kier molecular flexibility index (Phi) is 6.85. The fourth-order valence-corrected chi connectivity index (χ4v) is 3.23. The first kappa shape index (κ1) is 19.0. The average Bonchev–Trinajstić information content (AvgIpc) is 2.75. The van der Waals surface area contributed by atoms with E-state index < -0.39 is 0 Å². The molecule has 1 aliphatic rings. The Morgan fingerprint density at radius 2 is 1.48 bits per heavy atom. The maximum absolute atomic E-state index is 12.5. The molecule has 2 N–H and O–H groups in total. The Morgan fingerprint density at radius 3 is 2.07 bits per heavy atom. The molecule has 0 bridgehead atoms. The Bertz CT molecular complexity index is 750. The minimum atomic E-state index is 0.148. The zero-order valence-electron chi connectivity index (χ0n) is 15.9. The first-order chi connectivity index (χ1) is 13.3. The summed E-state index contributed by atoms with van der Waals surface area (Å²) in [7, 11) is 1.76. The lowest BCUT2D eigenvalue weighted by atomic mass is 10.1. The number of carbonyl (C=O) groups is 1. The van der Waals surface area contributed by atoms with Crippen LogP contribution >= 0.6 is 0 Å². The molecule has 2 aromatic rings. The van der Waals surface area contributed by atoms with Crippen LogP contribution in [0.2, 0.25) is 0 Å². The second-order valence-electron chi connectivity index (χ2n) is 6.81. The highest BCUT2D eigenvalue weighted by Gasteiger charge is 2.17. The first-order valence-corrected chi connectivity index (χ1v) is 9.63. The third kappa shape index (κ3) is 5.58. The number of piperidine rings is 1. The summed E-state index contributed by atoms with van der Waals surface area (Å²) >= 11 is 0. The van der Waals surface area contributed by atoms with Crippen molar-refractivity contribution in [2.45, 2.75) is 32.4 Å². The molecule has 0 aromatic heterocycles. The van der Waals surface area contributed by atoms with Gasteiger partial charge in [0.2, 0.25) is 0 Å². The number of rotatable bonds is 5. The maximum Gasteiger partial charge on any atom is 0.253 e. The number of aliphatic imine (C=N–C) groups is 1. The molecule has 0 unspecified atom stereocenters. The highest BCUT2D eigenvalue weighted by molar-refractivity contribution is 5.94. The van der Waals surface area contributed by atoms with Gasteiger partial charge in [-0.25, -0.2) is 0 Å². The lowest BCUT2D eigenvalue weighted by Crippen LogP contribution is -2.36. The molecule has 3 rings (SSSR count). The van der Waals surface area contributed by atoms with E-state index in [9.17, 15) is 4.79 Å². The van der Waals surface area contributed by atoms with Gasteiger partial charge in [0.25, 0.3) is 5.91 Å². The van der Waals surface area contributed by atoms with Crippen LogP contribution < -0.4 is 10.6 Å². The van der Waals surface area contributed by atoms with Gasteiger partial charge >= 0.3 is 0 Å². The van der Waals surface area contributed by atoms with Gasteiger partial charge in [0.1, 0.15) is 0 Å². The van der Waals surface area contributed by atoms with Crippen molar-refractivity contribution in [3.05, 3.63) is 71.3 Å². The number of amides is 1. The fraction of sp³-hybridized carbons (Fsp3) is 0.364. The van der Waals surface area contributed by atoms with E-state index in [1.807, 2.05) is 47.4 Å². The summed E-state index contributed by atoms with van der Waals surface area (Å²) < 4.78 is 0. The third-order valence-electron chi connectivity index (χ3n) is 4.83. The number of hydrogen-bond donors (Lipinski definition) is 2. The molecule has 0 atom stereocenters. The van der Waals surface area contributed by atoms with E-state index in [0.717, 1.165) is 49.6 Å². The smallest absolute Gasteiger partial charge is 0.253 e. The van der Waals surface area contributed by atoms with Crippen molar-refractivity contribution in [3.8, 4) is 0 Å². The van der Waals surface area contributed by atoms with E-state index in [2.05, 4.69) is 27.8 Å². The van der Waals surface area contributed by atoms with Gasteiger partial charge in [0.15, 0.2) is 5.96 Å². The summed E-state index contributed by atoms with van der Waals surface area (Å²) in [6.07, 6.45) is 3.46. The van der Waals surface area contributed by atoms with Gasteiger partial charge in [-0.15, -0.1) is 0 Å². The molecule has 27 heavy (non-hydrogen) atoms. The quantitative estimate of drug-likeness (QED) is 0.633. The molecule has 0 spiro atoms. The molecule has 1 fully saturated rings.